The van der Waals surface area contributed by atoms with Gasteiger partial charge in [-0.05, 0) is 43.5 Å². The lowest BCUT2D eigenvalue weighted by Gasteiger charge is -2.22. The van der Waals surface area contributed by atoms with E-state index in [1.165, 1.54) is 0 Å². The van der Waals surface area contributed by atoms with Gasteiger partial charge in [-0.1, -0.05) is 35.7 Å². The first-order chi connectivity index (χ1) is 9.18. The van der Waals surface area contributed by atoms with Gasteiger partial charge in [-0.15, -0.1) is 12.4 Å². The quantitative estimate of drug-likeness (QED) is 0.886. The third-order valence-corrected chi connectivity index (χ3v) is 4.07. The van der Waals surface area contributed by atoms with Crippen molar-refractivity contribution in [2.45, 2.75) is 31.7 Å². The second kappa shape index (κ2) is 8.73. The maximum atomic E-state index is 11.9. The number of carbonyl (C=O) groups excluding carboxylic acids is 1. The summed E-state index contributed by atoms with van der Waals surface area (Å²) >= 11 is 12.2. The molecule has 0 spiro atoms. The molecule has 20 heavy (non-hydrogen) atoms. The second-order valence-electron chi connectivity index (χ2n) is 4.74. The van der Waals surface area contributed by atoms with Crippen LogP contribution in [0, 0.1) is 0 Å². The molecule has 0 bridgehead atoms. The van der Waals surface area contributed by atoms with Crippen molar-refractivity contribution in [1.29, 1.82) is 0 Å². The van der Waals surface area contributed by atoms with E-state index in [1.807, 2.05) is 18.2 Å². The molecule has 0 aliphatic carbocycles. The Morgan fingerprint density at radius 2 is 2.00 bits per heavy atom. The molecule has 2 N–H and O–H groups in total. The fraction of sp³-hybridized carbons (Fsp3) is 0.500. The molecule has 2 rings (SSSR count). The van der Waals surface area contributed by atoms with E-state index in [2.05, 4.69) is 10.6 Å². The van der Waals surface area contributed by atoms with Crippen molar-refractivity contribution in [3.8, 4) is 0 Å². The number of hydrogen-bond acceptors (Lipinski definition) is 2. The Hall–Kier alpha value is -0.480. The lowest BCUT2D eigenvalue weighted by Crippen LogP contribution is -2.47. The topological polar surface area (TPSA) is 41.1 Å². The number of benzene rings is 1. The Kier molecular flexibility index (Phi) is 7.67. The number of halogens is 3. The average molecular weight is 338 g/mol. The van der Waals surface area contributed by atoms with E-state index >= 15 is 0 Å². The van der Waals surface area contributed by atoms with Gasteiger partial charge in [0.05, 0.1) is 6.04 Å². The van der Waals surface area contributed by atoms with Crippen LogP contribution in [0.25, 0.3) is 0 Å². The Morgan fingerprint density at radius 1 is 1.30 bits per heavy atom. The third-order valence-electron chi connectivity index (χ3n) is 3.36. The first-order valence-corrected chi connectivity index (χ1v) is 7.38. The summed E-state index contributed by atoms with van der Waals surface area (Å²) in [6.07, 6.45) is 3.83. The molecule has 1 aromatic carbocycles. The molecule has 1 amide bonds. The van der Waals surface area contributed by atoms with Gasteiger partial charge in [0.1, 0.15) is 0 Å². The zero-order chi connectivity index (χ0) is 13.7. The van der Waals surface area contributed by atoms with Crippen LogP contribution in [-0.4, -0.2) is 25.0 Å². The highest BCUT2D eigenvalue weighted by Gasteiger charge is 2.19. The van der Waals surface area contributed by atoms with Gasteiger partial charge >= 0.3 is 0 Å². The highest BCUT2D eigenvalue weighted by Crippen LogP contribution is 2.24. The van der Waals surface area contributed by atoms with Gasteiger partial charge < -0.3 is 10.6 Å². The molecule has 1 aliphatic rings. The van der Waals surface area contributed by atoms with Crippen LogP contribution >= 0.6 is 35.6 Å². The Morgan fingerprint density at radius 3 is 2.60 bits per heavy atom. The van der Waals surface area contributed by atoms with E-state index in [4.69, 9.17) is 23.2 Å². The minimum absolute atomic E-state index is 0. The molecule has 1 unspecified atom stereocenters. The van der Waals surface area contributed by atoms with Crippen molar-refractivity contribution in [3.05, 3.63) is 33.8 Å². The predicted molar refractivity (Wildman–Crippen MR) is 86.1 cm³/mol. The summed E-state index contributed by atoms with van der Waals surface area (Å²) in [5.41, 5.74) is 0.891. The highest BCUT2D eigenvalue weighted by molar-refractivity contribution is 6.35. The Bertz CT molecular complexity index is 428. The maximum absolute atomic E-state index is 11.9. The van der Waals surface area contributed by atoms with Crippen molar-refractivity contribution in [2.75, 3.05) is 13.1 Å². The van der Waals surface area contributed by atoms with Crippen LogP contribution in [-0.2, 0) is 11.2 Å². The van der Waals surface area contributed by atoms with Gasteiger partial charge in [-0.3, -0.25) is 4.79 Å². The molecule has 1 saturated heterocycles. The number of carbonyl (C=O) groups is 1. The van der Waals surface area contributed by atoms with Gasteiger partial charge in [0.15, 0.2) is 0 Å². The van der Waals surface area contributed by atoms with Gasteiger partial charge in [-0.2, -0.15) is 0 Å². The molecular formula is C14H19Cl3N2O. The largest absolute Gasteiger partial charge is 0.354 e. The normalized spacial score (nSPS) is 18.2. The molecule has 0 aromatic heterocycles. The molecule has 1 heterocycles. The van der Waals surface area contributed by atoms with E-state index in [9.17, 15) is 4.79 Å². The van der Waals surface area contributed by atoms with Crippen molar-refractivity contribution in [3.63, 3.8) is 0 Å². The molecule has 0 radical (unpaired) electrons. The number of piperidine rings is 1. The van der Waals surface area contributed by atoms with Crippen LogP contribution in [0.5, 0.6) is 0 Å². The van der Waals surface area contributed by atoms with Crippen molar-refractivity contribution in [2.24, 2.45) is 0 Å². The number of rotatable bonds is 4. The molecule has 1 aliphatic heterocycles. The molecular weight excluding hydrogens is 319 g/mol. The van der Waals surface area contributed by atoms with Crippen LogP contribution in [0.4, 0.5) is 0 Å². The third kappa shape index (κ3) is 4.81. The van der Waals surface area contributed by atoms with Crippen LogP contribution in [0.3, 0.4) is 0 Å². The summed E-state index contributed by atoms with van der Waals surface area (Å²) in [7, 11) is 0. The zero-order valence-corrected chi connectivity index (χ0v) is 13.5. The summed E-state index contributed by atoms with van der Waals surface area (Å²) in [5.74, 6) is 0.0721. The summed E-state index contributed by atoms with van der Waals surface area (Å²) in [6.45, 7) is 1.48. The number of nitrogens with one attached hydrogen (secondary N) is 2. The lowest BCUT2D eigenvalue weighted by atomic mass is 10.0. The first kappa shape index (κ1) is 17.6. The summed E-state index contributed by atoms with van der Waals surface area (Å²) < 4.78 is 0. The zero-order valence-electron chi connectivity index (χ0n) is 11.1. The first-order valence-electron chi connectivity index (χ1n) is 6.62. The van der Waals surface area contributed by atoms with Crippen LogP contribution < -0.4 is 10.6 Å². The van der Waals surface area contributed by atoms with E-state index in [1.54, 1.807) is 0 Å². The monoisotopic (exact) mass is 336 g/mol. The fourth-order valence-electron chi connectivity index (χ4n) is 2.28. The molecule has 1 fully saturated rings. The lowest BCUT2D eigenvalue weighted by molar-refractivity contribution is -0.123. The number of amides is 1. The summed E-state index contributed by atoms with van der Waals surface area (Å²) in [5, 5.41) is 7.46. The van der Waals surface area contributed by atoms with Crippen molar-refractivity contribution < 1.29 is 4.79 Å². The molecule has 0 saturated carbocycles. The van der Waals surface area contributed by atoms with Crippen LogP contribution in [0.2, 0.25) is 10.0 Å². The van der Waals surface area contributed by atoms with E-state index in [-0.39, 0.29) is 24.4 Å². The van der Waals surface area contributed by atoms with Crippen molar-refractivity contribution in [1.82, 2.24) is 10.6 Å². The molecule has 1 atom stereocenters. The van der Waals surface area contributed by atoms with Crippen LogP contribution in [0.15, 0.2) is 18.2 Å². The van der Waals surface area contributed by atoms with Gasteiger partial charge in [0.25, 0.3) is 0 Å². The molecule has 112 valence electrons. The van der Waals surface area contributed by atoms with Crippen molar-refractivity contribution >= 4 is 41.5 Å². The Labute approximate surface area is 135 Å². The second-order valence-corrected chi connectivity index (χ2v) is 5.56. The predicted octanol–water partition coefficient (Wildman–Crippen LogP) is 3.22. The molecule has 3 nitrogen and oxygen atoms in total. The maximum Gasteiger partial charge on any atom is 0.237 e. The standard InChI is InChI=1S/C14H18Cl2N2O.ClH/c15-11-4-3-5-12(16)10(11)7-9-18-14(19)13-6-1-2-8-17-13;/h3-5,13,17H,1-2,6-9H2,(H,18,19);1H. The summed E-state index contributed by atoms with van der Waals surface area (Å²) in [4.78, 5) is 11.9. The minimum atomic E-state index is -0.0459. The van der Waals surface area contributed by atoms with Gasteiger partial charge in [-0.25, -0.2) is 0 Å². The Balaban J connectivity index is 0.00000200. The molecule has 1 aromatic rings. The SMILES string of the molecule is Cl.O=C(NCCc1c(Cl)cccc1Cl)C1CCCCN1. The van der Waals surface area contributed by atoms with E-state index < -0.39 is 0 Å². The number of hydrogen-bond donors (Lipinski definition) is 2. The fourth-order valence-corrected chi connectivity index (χ4v) is 2.87. The minimum Gasteiger partial charge on any atom is -0.354 e. The van der Waals surface area contributed by atoms with Crippen LogP contribution in [0.1, 0.15) is 24.8 Å². The van der Waals surface area contributed by atoms with Gasteiger partial charge in [0.2, 0.25) is 5.91 Å². The van der Waals surface area contributed by atoms with E-state index in [0.29, 0.717) is 23.0 Å². The smallest absolute Gasteiger partial charge is 0.237 e. The summed E-state index contributed by atoms with van der Waals surface area (Å²) in [6, 6.07) is 5.40. The average Bonchev–Trinajstić information content (AvgIpc) is 2.43. The van der Waals surface area contributed by atoms with E-state index in [0.717, 1.165) is 31.4 Å². The van der Waals surface area contributed by atoms with Gasteiger partial charge in [0, 0.05) is 16.6 Å². The molecule has 6 heteroatoms. The highest BCUT2D eigenvalue weighted by atomic mass is 35.5.